The highest BCUT2D eigenvalue weighted by molar-refractivity contribution is 6.31. The third-order valence-corrected chi connectivity index (χ3v) is 3.95. The maximum absolute atomic E-state index is 13.1. The van der Waals surface area contributed by atoms with E-state index in [1.54, 1.807) is 0 Å². The first-order valence-corrected chi connectivity index (χ1v) is 8.27. The van der Waals surface area contributed by atoms with Crippen LogP contribution in [0.2, 0.25) is 5.02 Å². The smallest absolute Gasteiger partial charge is 0.275 e. The van der Waals surface area contributed by atoms with Crippen molar-refractivity contribution >= 4 is 29.0 Å². The van der Waals surface area contributed by atoms with Crippen molar-refractivity contribution in [1.82, 2.24) is 9.97 Å². The molecule has 7 heteroatoms. The Morgan fingerprint density at radius 1 is 1.12 bits per heavy atom. The minimum Gasteiger partial charge on any atom is -0.365 e. The second kappa shape index (κ2) is 7.93. The lowest BCUT2D eigenvalue weighted by Crippen LogP contribution is -2.14. The second-order valence-electron chi connectivity index (χ2n) is 5.71. The fraction of sp³-hybridized carbons (Fsp3) is 0.105. The third kappa shape index (κ3) is 4.55. The quantitative estimate of drug-likeness (QED) is 0.696. The van der Waals surface area contributed by atoms with E-state index in [9.17, 15) is 9.18 Å². The number of carbonyl (C=O) groups is 1. The molecule has 1 aromatic heterocycles. The third-order valence-electron chi connectivity index (χ3n) is 3.66. The van der Waals surface area contributed by atoms with Crippen molar-refractivity contribution in [2.45, 2.75) is 13.5 Å². The van der Waals surface area contributed by atoms with E-state index in [1.165, 1.54) is 36.2 Å². The first kappa shape index (κ1) is 17.8. The van der Waals surface area contributed by atoms with Gasteiger partial charge in [-0.1, -0.05) is 41.4 Å². The van der Waals surface area contributed by atoms with E-state index in [2.05, 4.69) is 20.6 Å². The fourth-order valence-corrected chi connectivity index (χ4v) is 2.38. The van der Waals surface area contributed by atoms with Crippen LogP contribution in [-0.2, 0) is 6.54 Å². The van der Waals surface area contributed by atoms with Crippen LogP contribution < -0.4 is 10.6 Å². The van der Waals surface area contributed by atoms with Gasteiger partial charge in [-0.15, -0.1) is 0 Å². The number of aromatic nitrogens is 2. The van der Waals surface area contributed by atoms with Crippen molar-refractivity contribution in [2.75, 3.05) is 10.6 Å². The van der Waals surface area contributed by atoms with Gasteiger partial charge >= 0.3 is 0 Å². The molecule has 3 aromatic rings. The summed E-state index contributed by atoms with van der Waals surface area (Å²) in [6.45, 7) is 2.64. The Morgan fingerprint density at radius 3 is 2.54 bits per heavy atom. The number of aryl methyl sites for hydroxylation is 1. The Balaban J connectivity index is 1.60. The van der Waals surface area contributed by atoms with E-state index < -0.39 is 11.7 Å². The summed E-state index contributed by atoms with van der Waals surface area (Å²) in [6.07, 6.45) is 2.86. The highest BCUT2D eigenvalue weighted by Crippen LogP contribution is 2.19. The van der Waals surface area contributed by atoms with Gasteiger partial charge in [-0.25, -0.2) is 14.4 Å². The van der Waals surface area contributed by atoms with Crippen LogP contribution in [0.4, 0.5) is 15.9 Å². The van der Waals surface area contributed by atoms with Crippen LogP contribution in [0.15, 0.2) is 54.9 Å². The van der Waals surface area contributed by atoms with Gasteiger partial charge in [0.05, 0.1) is 17.4 Å². The van der Waals surface area contributed by atoms with E-state index in [0.29, 0.717) is 18.1 Å². The largest absolute Gasteiger partial charge is 0.365 e. The summed E-state index contributed by atoms with van der Waals surface area (Å²) in [6, 6.07) is 12.1. The molecule has 0 unspecified atom stereocenters. The SMILES string of the molecule is Cc1ccc(CNc2cnc(C(=O)Nc3ccc(F)c(Cl)c3)cn2)cc1. The number of amides is 1. The summed E-state index contributed by atoms with van der Waals surface area (Å²) in [5, 5.41) is 5.68. The van der Waals surface area contributed by atoms with Crippen molar-refractivity contribution in [3.8, 4) is 0 Å². The molecule has 1 amide bonds. The van der Waals surface area contributed by atoms with Crippen molar-refractivity contribution in [1.29, 1.82) is 0 Å². The Morgan fingerprint density at radius 2 is 1.88 bits per heavy atom. The van der Waals surface area contributed by atoms with Crippen LogP contribution in [-0.4, -0.2) is 15.9 Å². The second-order valence-corrected chi connectivity index (χ2v) is 6.12. The fourth-order valence-electron chi connectivity index (χ4n) is 2.20. The van der Waals surface area contributed by atoms with E-state index in [0.717, 1.165) is 5.56 Å². The molecular formula is C19H16ClFN4O. The first-order valence-electron chi connectivity index (χ1n) is 7.89. The van der Waals surface area contributed by atoms with Crippen LogP contribution in [0.1, 0.15) is 21.6 Å². The van der Waals surface area contributed by atoms with Crippen LogP contribution in [0.5, 0.6) is 0 Å². The standard InChI is InChI=1S/C19H16ClFN4O/c1-12-2-4-13(5-3-12)9-23-18-11-22-17(10-24-18)19(26)25-14-6-7-16(21)15(20)8-14/h2-8,10-11H,9H2,1H3,(H,23,24)(H,25,26). The monoisotopic (exact) mass is 370 g/mol. The number of hydrogen-bond acceptors (Lipinski definition) is 4. The molecule has 2 N–H and O–H groups in total. The van der Waals surface area contributed by atoms with Crippen molar-refractivity contribution in [3.05, 3.63) is 82.5 Å². The van der Waals surface area contributed by atoms with Gasteiger partial charge in [0.25, 0.3) is 5.91 Å². The van der Waals surface area contributed by atoms with E-state index in [-0.39, 0.29) is 10.7 Å². The summed E-state index contributed by atoms with van der Waals surface area (Å²) in [5.74, 6) is -0.439. The van der Waals surface area contributed by atoms with E-state index in [1.807, 2.05) is 31.2 Å². The van der Waals surface area contributed by atoms with E-state index >= 15 is 0 Å². The van der Waals surface area contributed by atoms with Crippen LogP contribution in [0.25, 0.3) is 0 Å². The molecule has 0 bridgehead atoms. The zero-order valence-corrected chi connectivity index (χ0v) is 14.7. The molecule has 5 nitrogen and oxygen atoms in total. The van der Waals surface area contributed by atoms with Crippen LogP contribution in [0.3, 0.4) is 0 Å². The zero-order chi connectivity index (χ0) is 18.5. The van der Waals surface area contributed by atoms with Gasteiger partial charge in [0.2, 0.25) is 0 Å². The molecule has 0 aliphatic rings. The predicted molar refractivity (Wildman–Crippen MR) is 99.9 cm³/mol. The topological polar surface area (TPSA) is 66.9 Å². The minimum absolute atomic E-state index is 0.0652. The summed E-state index contributed by atoms with van der Waals surface area (Å²) < 4.78 is 13.1. The molecule has 0 aliphatic heterocycles. The van der Waals surface area contributed by atoms with E-state index in [4.69, 9.17) is 11.6 Å². The van der Waals surface area contributed by atoms with Crippen LogP contribution in [0, 0.1) is 12.7 Å². The first-order chi connectivity index (χ1) is 12.5. The average Bonchev–Trinajstić information content (AvgIpc) is 2.65. The van der Waals surface area contributed by atoms with Gasteiger partial charge in [-0.3, -0.25) is 4.79 Å². The molecule has 0 saturated heterocycles. The van der Waals surface area contributed by atoms with Gasteiger partial charge in [0, 0.05) is 12.2 Å². The number of carbonyl (C=O) groups excluding carboxylic acids is 1. The van der Waals surface area contributed by atoms with Gasteiger partial charge in [0.15, 0.2) is 0 Å². The van der Waals surface area contributed by atoms with Crippen molar-refractivity contribution in [3.63, 3.8) is 0 Å². The lowest BCUT2D eigenvalue weighted by Gasteiger charge is -2.08. The highest BCUT2D eigenvalue weighted by atomic mass is 35.5. The number of rotatable bonds is 5. The summed E-state index contributed by atoms with van der Waals surface area (Å²) in [7, 11) is 0. The Kier molecular flexibility index (Phi) is 5.43. The number of halogens is 2. The van der Waals surface area contributed by atoms with Gasteiger partial charge in [0.1, 0.15) is 17.3 Å². The Hall–Kier alpha value is -2.99. The lowest BCUT2D eigenvalue weighted by molar-refractivity contribution is 0.102. The normalized spacial score (nSPS) is 10.4. The maximum Gasteiger partial charge on any atom is 0.275 e. The lowest BCUT2D eigenvalue weighted by atomic mass is 10.1. The molecule has 3 rings (SSSR count). The molecule has 2 aromatic carbocycles. The molecule has 26 heavy (non-hydrogen) atoms. The molecule has 132 valence electrons. The van der Waals surface area contributed by atoms with Crippen LogP contribution >= 0.6 is 11.6 Å². The van der Waals surface area contributed by atoms with Gasteiger partial charge in [-0.05, 0) is 30.7 Å². The Labute approximate surface area is 155 Å². The highest BCUT2D eigenvalue weighted by Gasteiger charge is 2.10. The molecule has 1 heterocycles. The molecule has 0 aliphatic carbocycles. The zero-order valence-electron chi connectivity index (χ0n) is 14.0. The average molecular weight is 371 g/mol. The number of hydrogen-bond donors (Lipinski definition) is 2. The molecule has 0 saturated carbocycles. The minimum atomic E-state index is -0.548. The molecule has 0 fully saturated rings. The van der Waals surface area contributed by atoms with Gasteiger partial charge in [-0.2, -0.15) is 0 Å². The maximum atomic E-state index is 13.1. The molecule has 0 spiro atoms. The summed E-state index contributed by atoms with van der Waals surface area (Å²) in [4.78, 5) is 20.4. The number of nitrogens with zero attached hydrogens (tertiary/aromatic N) is 2. The molecule has 0 atom stereocenters. The predicted octanol–water partition coefficient (Wildman–Crippen LogP) is 4.44. The molecular weight excluding hydrogens is 355 g/mol. The van der Waals surface area contributed by atoms with Crippen molar-refractivity contribution in [2.24, 2.45) is 0 Å². The number of anilines is 2. The van der Waals surface area contributed by atoms with Crippen molar-refractivity contribution < 1.29 is 9.18 Å². The summed E-state index contributed by atoms with van der Waals surface area (Å²) in [5.41, 5.74) is 2.84. The summed E-state index contributed by atoms with van der Waals surface area (Å²) >= 11 is 5.70. The molecule has 0 radical (unpaired) electrons. The van der Waals surface area contributed by atoms with Gasteiger partial charge < -0.3 is 10.6 Å². The number of benzene rings is 2. The number of nitrogens with one attached hydrogen (secondary N) is 2. The Bertz CT molecular complexity index is 914.